The Hall–Kier alpha value is -1.91. The highest BCUT2D eigenvalue weighted by Crippen LogP contribution is 2.35. The van der Waals surface area contributed by atoms with Crippen molar-refractivity contribution >= 4 is 68.0 Å². The molecule has 0 atom stereocenters. The van der Waals surface area contributed by atoms with Crippen molar-refractivity contribution in [2.24, 2.45) is 0 Å². The second-order valence-corrected chi connectivity index (χ2v) is 7.76. The number of aromatic nitrogens is 1. The van der Waals surface area contributed by atoms with Gasteiger partial charge in [-0.3, -0.25) is 0 Å². The summed E-state index contributed by atoms with van der Waals surface area (Å²) >= 11 is 18.6. The Morgan fingerprint density at radius 2 is 1.67 bits per heavy atom. The van der Waals surface area contributed by atoms with Crippen LogP contribution in [0.25, 0.3) is 21.8 Å². The Morgan fingerprint density at radius 3 is 2.44 bits per heavy atom. The van der Waals surface area contributed by atoms with Crippen molar-refractivity contribution in [3.8, 4) is 0 Å². The van der Waals surface area contributed by atoms with Gasteiger partial charge in [0.1, 0.15) is 0 Å². The molecule has 0 aliphatic heterocycles. The lowest BCUT2D eigenvalue weighted by atomic mass is 10.0. The van der Waals surface area contributed by atoms with Crippen molar-refractivity contribution in [1.29, 1.82) is 0 Å². The van der Waals surface area contributed by atoms with Crippen LogP contribution in [0.4, 0.5) is 11.4 Å². The Bertz CT molecular complexity index is 1130. The molecule has 27 heavy (non-hydrogen) atoms. The molecule has 3 nitrogen and oxygen atoms in total. The second kappa shape index (κ2) is 7.61. The third-order valence-electron chi connectivity index (χ3n) is 4.61. The van der Waals surface area contributed by atoms with Gasteiger partial charge in [0.2, 0.25) is 0 Å². The minimum atomic E-state index is 0.585. The number of halogens is 3. The van der Waals surface area contributed by atoms with Crippen molar-refractivity contribution in [2.75, 3.05) is 18.9 Å². The van der Waals surface area contributed by atoms with Crippen molar-refractivity contribution < 1.29 is 0 Å². The first-order chi connectivity index (χ1) is 13.0. The molecule has 4 aromatic rings. The molecule has 1 heterocycles. The lowest BCUT2D eigenvalue weighted by Gasteiger charge is -2.12. The molecule has 0 unspecified atom stereocenters. The van der Waals surface area contributed by atoms with E-state index in [1.807, 2.05) is 37.4 Å². The number of aromatic amines is 1. The fraction of sp³-hybridized carbons (Fsp3) is 0.143. The molecule has 0 saturated carbocycles. The van der Waals surface area contributed by atoms with Crippen molar-refractivity contribution in [3.05, 3.63) is 69.2 Å². The highest BCUT2D eigenvalue weighted by atomic mass is 35.5. The molecule has 1 aromatic heterocycles. The predicted octanol–water partition coefficient (Wildman–Crippen LogP) is 6.79. The lowest BCUT2D eigenvalue weighted by Crippen LogP contribution is -2.10. The van der Waals surface area contributed by atoms with Gasteiger partial charge in [-0.25, -0.2) is 0 Å². The van der Waals surface area contributed by atoms with E-state index in [1.165, 1.54) is 5.56 Å². The first-order valence-electron chi connectivity index (χ1n) is 8.65. The third kappa shape index (κ3) is 3.74. The molecule has 0 amide bonds. The molecular weight excluding hydrogens is 401 g/mol. The van der Waals surface area contributed by atoms with Crippen LogP contribution in [0.5, 0.6) is 0 Å². The first kappa shape index (κ1) is 18.5. The zero-order chi connectivity index (χ0) is 19.0. The van der Waals surface area contributed by atoms with E-state index in [9.17, 15) is 0 Å². The summed E-state index contributed by atoms with van der Waals surface area (Å²) in [6, 6.07) is 15.6. The maximum atomic E-state index is 6.34. The number of likely N-dealkylation sites (N-methyl/N-ethyl adjacent to an activating group) is 1. The number of hydrogen-bond donors (Lipinski definition) is 3. The van der Waals surface area contributed by atoms with E-state index in [1.54, 1.807) is 6.07 Å². The molecule has 6 heteroatoms. The van der Waals surface area contributed by atoms with Gasteiger partial charge in [0.05, 0.1) is 10.7 Å². The summed E-state index contributed by atoms with van der Waals surface area (Å²) in [5.74, 6) is 0. The largest absolute Gasteiger partial charge is 0.354 e. The van der Waals surface area contributed by atoms with Gasteiger partial charge < -0.3 is 15.6 Å². The Morgan fingerprint density at radius 1 is 0.889 bits per heavy atom. The van der Waals surface area contributed by atoms with Gasteiger partial charge in [-0.05, 0) is 74.1 Å². The van der Waals surface area contributed by atoms with E-state index >= 15 is 0 Å². The van der Waals surface area contributed by atoms with Gasteiger partial charge in [0.25, 0.3) is 0 Å². The lowest BCUT2D eigenvalue weighted by molar-refractivity contribution is 0.794. The molecule has 0 aliphatic rings. The van der Waals surface area contributed by atoms with Crippen LogP contribution in [0.3, 0.4) is 0 Å². The van der Waals surface area contributed by atoms with Crippen LogP contribution in [-0.2, 0) is 6.42 Å². The van der Waals surface area contributed by atoms with Crippen molar-refractivity contribution in [2.45, 2.75) is 6.42 Å². The fourth-order valence-electron chi connectivity index (χ4n) is 3.32. The maximum Gasteiger partial charge on any atom is 0.0655 e. The summed E-state index contributed by atoms with van der Waals surface area (Å²) in [6.45, 7) is 0.885. The minimum absolute atomic E-state index is 0.585. The zero-order valence-corrected chi connectivity index (χ0v) is 16.9. The van der Waals surface area contributed by atoms with Crippen LogP contribution in [0.1, 0.15) is 5.56 Å². The van der Waals surface area contributed by atoms with Gasteiger partial charge in [-0.1, -0.05) is 34.8 Å². The Balaban J connectivity index is 1.86. The number of benzene rings is 3. The van der Waals surface area contributed by atoms with Crippen LogP contribution in [0.15, 0.2) is 48.5 Å². The quantitative estimate of drug-likeness (QED) is 0.334. The average molecular weight is 419 g/mol. The molecule has 3 aromatic carbocycles. The third-order valence-corrected chi connectivity index (χ3v) is 5.39. The number of anilines is 2. The summed E-state index contributed by atoms with van der Waals surface area (Å²) in [6.07, 6.45) is 0.900. The van der Waals surface area contributed by atoms with Gasteiger partial charge >= 0.3 is 0 Å². The highest BCUT2D eigenvalue weighted by Gasteiger charge is 2.12. The summed E-state index contributed by atoms with van der Waals surface area (Å²) < 4.78 is 0. The molecular formula is C21H18Cl3N3. The molecule has 0 aliphatic carbocycles. The summed E-state index contributed by atoms with van der Waals surface area (Å²) in [5.41, 5.74) is 5.22. The van der Waals surface area contributed by atoms with E-state index in [0.717, 1.165) is 51.2 Å². The van der Waals surface area contributed by atoms with Crippen molar-refractivity contribution in [1.82, 2.24) is 10.3 Å². The van der Waals surface area contributed by atoms with Gasteiger partial charge in [-0.15, -0.1) is 0 Å². The van der Waals surface area contributed by atoms with E-state index in [2.05, 4.69) is 27.8 Å². The average Bonchev–Trinajstić information content (AvgIpc) is 3.00. The summed E-state index contributed by atoms with van der Waals surface area (Å²) in [5, 5.41) is 10.8. The van der Waals surface area contributed by atoms with Crippen molar-refractivity contribution in [3.63, 3.8) is 0 Å². The van der Waals surface area contributed by atoms with Crippen LogP contribution in [0.2, 0.25) is 15.1 Å². The van der Waals surface area contributed by atoms with E-state index in [4.69, 9.17) is 34.8 Å². The summed E-state index contributed by atoms with van der Waals surface area (Å²) in [4.78, 5) is 3.53. The first-order valence-corrected chi connectivity index (χ1v) is 9.79. The number of hydrogen-bond acceptors (Lipinski definition) is 2. The molecule has 3 N–H and O–H groups in total. The van der Waals surface area contributed by atoms with Gasteiger partial charge in [0.15, 0.2) is 0 Å². The SMILES string of the molecule is CNCCc1cc(Nc2ccc(Cl)cc2Cl)cc2c1[nH]c1ccc(Cl)cc12. The number of nitrogens with one attached hydrogen (secondary N) is 3. The van der Waals surface area contributed by atoms with E-state index in [-0.39, 0.29) is 0 Å². The van der Waals surface area contributed by atoms with Crippen LogP contribution >= 0.6 is 34.8 Å². The second-order valence-electron chi connectivity index (χ2n) is 6.48. The van der Waals surface area contributed by atoms with Crippen LogP contribution in [0, 0.1) is 0 Å². The number of fused-ring (bicyclic) bond motifs is 3. The van der Waals surface area contributed by atoms with Crippen LogP contribution < -0.4 is 10.6 Å². The number of H-pyrrole nitrogens is 1. The molecule has 0 saturated heterocycles. The molecule has 0 radical (unpaired) electrons. The fourth-order valence-corrected chi connectivity index (χ4v) is 3.95. The smallest absolute Gasteiger partial charge is 0.0655 e. The highest BCUT2D eigenvalue weighted by molar-refractivity contribution is 6.36. The standard InChI is InChI=1S/C21H18Cl3N3/c1-25-7-6-12-8-15(26-20-5-3-14(23)10-18(20)24)11-17-16-9-13(22)2-4-19(16)27-21(12)17/h2-5,8-11,25-27H,6-7H2,1H3. The predicted molar refractivity (Wildman–Crippen MR) is 118 cm³/mol. The number of rotatable bonds is 5. The Kier molecular flexibility index (Phi) is 5.20. The molecule has 138 valence electrons. The topological polar surface area (TPSA) is 39.8 Å². The van der Waals surface area contributed by atoms with Crippen LogP contribution in [-0.4, -0.2) is 18.6 Å². The molecule has 4 rings (SSSR count). The van der Waals surface area contributed by atoms with E-state index in [0.29, 0.717) is 10.0 Å². The Labute approximate surface area is 172 Å². The van der Waals surface area contributed by atoms with Gasteiger partial charge in [0, 0.05) is 37.5 Å². The monoisotopic (exact) mass is 417 g/mol. The minimum Gasteiger partial charge on any atom is -0.354 e. The zero-order valence-electron chi connectivity index (χ0n) is 14.7. The van der Waals surface area contributed by atoms with Gasteiger partial charge in [-0.2, -0.15) is 0 Å². The normalized spacial score (nSPS) is 11.4. The van der Waals surface area contributed by atoms with E-state index < -0.39 is 0 Å². The molecule has 0 fully saturated rings. The molecule has 0 spiro atoms. The molecule has 0 bridgehead atoms. The summed E-state index contributed by atoms with van der Waals surface area (Å²) in [7, 11) is 1.96. The maximum absolute atomic E-state index is 6.34.